The molecule has 31 heavy (non-hydrogen) atoms. The number of alkyl halides is 1. The second kappa shape index (κ2) is 10.9. The molecule has 0 heterocycles. The molecular formula is C28H37ClO2. The second-order valence-electron chi connectivity index (χ2n) is 9.69. The fraction of sp³-hybridized carbons (Fsp3) is 0.571. The van der Waals surface area contributed by atoms with Crippen molar-refractivity contribution in [1.29, 1.82) is 0 Å². The Bertz CT molecular complexity index is 793. The molecule has 0 saturated heterocycles. The fourth-order valence-corrected chi connectivity index (χ4v) is 5.76. The molecule has 2 saturated carbocycles. The van der Waals surface area contributed by atoms with Crippen LogP contribution in [0.1, 0.15) is 79.9 Å². The highest BCUT2D eigenvalue weighted by Gasteiger charge is 2.27. The van der Waals surface area contributed by atoms with Crippen molar-refractivity contribution in [3.8, 4) is 5.75 Å². The Labute approximate surface area is 193 Å². The highest BCUT2D eigenvalue weighted by atomic mass is 35.5. The van der Waals surface area contributed by atoms with Crippen LogP contribution in [0.2, 0.25) is 0 Å². The van der Waals surface area contributed by atoms with Gasteiger partial charge in [0.05, 0.1) is 12.2 Å². The Morgan fingerprint density at radius 2 is 1.26 bits per heavy atom. The van der Waals surface area contributed by atoms with E-state index in [1.807, 2.05) is 7.11 Å². The highest BCUT2D eigenvalue weighted by Crippen LogP contribution is 2.41. The molecule has 2 aromatic rings. The summed E-state index contributed by atoms with van der Waals surface area (Å²) in [6, 6.07) is 18.1. The maximum Gasteiger partial charge on any atom is 0.119 e. The van der Waals surface area contributed by atoms with E-state index in [1.54, 1.807) is 0 Å². The lowest BCUT2D eigenvalue weighted by Gasteiger charge is -2.29. The average molecular weight is 441 g/mol. The molecule has 0 amide bonds. The van der Waals surface area contributed by atoms with E-state index in [0.717, 1.165) is 37.4 Å². The number of halogens is 1. The minimum absolute atomic E-state index is 0.236. The van der Waals surface area contributed by atoms with Crippen LogP contribution in [0.3, 0.4) is 0 Å². The van der Waals surface area contributed by atoms with Gasteiger partial charge in [0.15, 0.2) is 0 Å². The Morgan fingerprint density at radius 1 is 0.742 bits per heavy atom. The molecule has 3 unspecified atom stereocenters. The van der Waals surface area contributed by atoms with Crippen molar-refractivity contribution in [2.24, 2.45) is 5.92 Å². The van der Waals surface area contributed by atoms with Gasteiger partial charge in [0.2, 0.25) is 0 Å². The van der Waals surface area contributed by atoms with Crippen LogP contribution >= 0.6 is 11.6 Å². The van der Waals surface area contributed by atoms with Gasteiger partial charge in [-0.3, -0.25) is 0 Å². The predicted molar refractivity (Wildman–Crippen MR) is 129 cm³/mol. The van der Waals surface area contributed by atoms with Gasteiger partial charge in [0.25, 0.3) is 0 Å². The molecule has 3 heteroatoms. The monoisotopic (exact) mass is 440 g/mol. The van der Waals surface area contributed by atoms with Crippen LogP contribution in [-0.2, 0) is 4.74 Å². The second-order valence-corrected chi connectivity index (χ2v) is 10.0. The summed E-state index contributed by atoms with van der Waals surface area (Å²) in [5.41, 5.74) is 4.33. The zero-order valence-corrected chi connectivity index (χ0v) is 19.8. The molecule has 0 aliphatic heterocycles. The summed E-state index contributed by atoms with van der Waals surface area (Å²) in [4.78, 5) is 0. The van der Waals surface area contributed by atoms with E-state index in [0.29, 0.717) is 23.8 Å². The normalized spacial score (nSPS) is 29.3. The first kappa shape index (κ1) is 22.7. The van der Waals surface area contributed by atoms with E-state index in [1.165, 1.54) is 42.4 Å². The first-order valence-corrected chi connectivity index (χ1v) is 12.6. The van der Waals surface area contributed by atoms with Gasteiger partial charge >= 0.3 is 0 Å². The predicted octanol–water partition coefficient (Wildman–Crippen LogP) is 7.63. The molecule has 168 valence electrons. The van der Waals surface area contributed by atoms with Crippen molar-refractivity contribution >= 4 is 11.6 Å². The molecule has 2 fully saturated rings. The van der Waals surface area contributed by atoms with Crippen LogP contribution in [0.4, 0.5) is 0 Å². The topological polar surface area (TPSA) is 18.5 Å². The number of hydrogen-bond donors (Lipinski definition) is 0. The van der Waals surface area contributed by atoms with Crippen LogP contribution in [0.25, 0.3) is 0 Å². The molecule has 0 aromatic heterocycles. The van der Waals surface area contributed by atoms with E-state index < -0.39 is 0 Å². The summed E-state index contributed by atoms with van der Waals surface area (Å²) in [6.45, 7) is 2.16. The third-order valence-corrected chi connectivity index (χ3v) is 7.92. The Morgan fingerprint density at radius 3 is 1.81 bits per heavy atom. The smallest absolute Gasteiger partial charge is 0.119 e. The first-order valence-electron chi connectivity index (χ1n) is 12.1. The van der Waals surface area contributed by atoms with Gasteiger partial charge in [0.1, 0.15) is 5.75 Å². The minimum Gasteiger partial charge on any atom is -0.490 e. The first-order chi connectivity index (χ1) is 15.1. The lowest BCUT2D eigenvalue weighted by molar-refractivity contribution is 0.0800. The number of benzene rings is 2. The van der Waals surface area contributed by atoms with E-state index in [9.17, 15) is 0 Å². The molecule has 3 atom stereocenters. The zero-order valence-electron chi connectivity index (χ0n) is 19.1. The molecule has 2 aliphatic rings. The van der Waals surface area contributed by atoms with Crippen molar-refractivity contribution in [3.05, 3.63) is 65.2 Å². The summed E-state index contributed by atoms with van der Waals surface area (Å²) in [5, 5.41) is 0. The number of rotatable bonds is 6. The molecular weight excluding hydrogens is 404 g/mol. The zero-order chi connectivity index (χ0) is 21.6. The summed E-state index contributed by atoms with van der Waals surface area (Å²) < 4.78 is 12.0. The van der Waals surface area contributed by atoms with E-state index >= 15 is 0 Å². The summed E-state index contributed by atoms with van der Waals surface area (Å²) in [6.07, 6.45) is 9.83. The summed E-state index contributed by atoms with van der Waals surface area (Å²) in [7, 11) is 1.81. The third kappa shape index (κ3) is 6.05. The van der Waals surface area contributed by atoms with Gasteiger partial charge in [-0.1, -0.05) is 42.0 Å². The van der Waals surface area contributed by atoms with Crippen molar-refractivity contribution in [2.75, 3.05) is 13.0 Å². The van der Waals surface area contributed by atoms with Crippen LogP contribution in [-0.4, -0.2) is 25.2 Å². The number of methoxy groups -OCH3 is 1. The van der Waals surface area contributed by atoms with E-state index in [4.69, 9.17) is 21.1 Å². The molecule has 2 aliphatic carbocycles. The largest absolute Gasteiger partial charge is 0.490 e. The highest BCUT2D eigenvalue weighted by molar-refractivity contribution is 6.18. The van der Waals surface area contributed by atoms with Crippen molar-refractivity contribution in [3.63, 3.8) is 0 Å². The summed E-state index contributed by atoms with van der Waals surface area (Å²) in [5.74, 6) is 3.55. The van der Waals surface area contributed by atoms with Gasteiger partial charge in [-0.05, 0) is 99.3 Å². The van der Waals surface area contributed by atoms with Crippen molar-refractivity contribution in [1.82, 2.24) is 0 Å². The molecule has 0 radical (unpaired) electrons. The average Bonchev–Trinajstić information content (AvgIpc) is 3.02. The van der Waals surface area contributed by atoms with Crippen LogP contribution in [0.5, 0.6) is 5.75 Å². The number of aryl methyl sites for hydroxylation is 1. The quantitative estimate of drug-likeness (QED) is 0.339. The van der Waals surface area contributed by atoms with Crippen LogP contribution in [0, 0.1) is 12.8 Å². The molecule has 0 bridgehead atoms. The van der Waals surface area contributed by atoms with Crippen molar-refractivity contribution in [2.45, 2.75) is 82.3 Å². The molecule has 0 N–H and O–H groups in total. The maximum atomic E-state index is 6.37. The SMILES string of the molecule is COC1CCC(Oc2ccc(C3CCC(c4ccc(C)cc4)CC3)cc2)CC(CCl)C1. The van der Waals surface area contributed by atoms with Gasteiger partial charge in [0, 0.05) is 13.0 Å². The van der Waals surface area contributed by atoms with E-state index in [2.05, 4.69) is 55.5 Å². The van der Waals surface area contributed by atoms with Crippen LogP contribution < -0.4 is 4.74 Å². The number of hydrogen-bond acceptors (Lipinski definition) is 2. The Kier molecular flexibility index (Phi) is 7.96. The molecule has 4 rings (SSSR count). The van der Waals surface area contributed by atoms with Crippen LogP contribution in [0.15, 0.2) is 48.5 Å². The van der Waals surface area contributed by atoms with Gasteiger partial charge in [-0.25, -0.2) is 0 Å². The summed E-state index contributed by atoms with van der Waals surface area (Å²) >= 11 is 6.20. The standard InChI is InChI=1S/C28H37ClO2/c1-20-3-5-22(6-4-20)23-7-9-24(10-8-23)25-11-13-26(14-12-25)31-28-16-15-27(30-2)17-21(18-28)19-29/h3-6,11-14,21,23-24,27-28H,7-10,15-19H2,1-2H3. The minimum atomic E-state index is 0.236. The number of ether oxygens (including phenoxy) is 2. The molecule has 2 aromatic carbocycles. The lowest BCUT2D eigenvalue weighted by atomic mass is 9.76. The van der Waals surface area contributed by atoms with E-state index in [-0.39, 0.29) is 6.10 Å². The molecule has 0 spiro atoms. The Hall–Kier alpha value is -1.51. The Balaban J connectivity index is 1.31. The molecule has 2 nitrogen and oxygen atoms in total. The lowest BCUT2D eigenvalue weighted by Crippen LogP contribution is -2.19. The van der Waals surface area contributed by atoms with Gasteiger partial charge < -0.3 is 9.47 Å². The maximum absolute atomic E-state index is 6.37. The van der Waals surface area contributed by atoms with Gasteiger partial charge in [-0.15, -0.1) is 11.6 Å². The fourth-order valence-electron chi connectivity index (χ4n) is 5.50. The third-order valence-electron chi connectivity index (χ3n) is 7.48. The van der Waals surface area contributed by atoms with Crippen molar-refractivity contribution < 1.29 is 9.47 Å². The van der Waals surface area contributed by atoms with Gasteiger partial charge in [-0.2, -0.15) is 0 Å².